The van der Waals surface area contributed by atoms with Crippen molar-refractivity contribution in [2.75, 3.05) is 25.6 Å². The molecule has 9 nitrogen and oxygen atoms in total. The predicted octanol–water partition coefficient (Wildman–Crippen LogP) is 1.93. The Hall–Kier alpha value is -3.95. The molecule has 2 aromatic carbocycles. The van der Waals surface area contributed by atoms with Gasteiger partial charge in [0.05, 0.1) is 25.1 Å². The minimum atomic E-state index is -1.03. The topological polar surface area (TPSA) is 115 Å². The van der Waals surface area contributed by atoms with Crippen LogP contribution in [0.25, 0.3) is 0 Å². The number of esters is 1. The number of rotatable bonds is 8. The number of anilines is 1. The van der Waals surface area contributed by atoms with Gasteiger partial charge in [-0.2, -0.15) is 0 Å². The first kappa shape index (κ1) is 22.7. The largest absolute Gasteiger partial charge is 0.495 e. The Kier molecular flexibility index (Phi) is 7.37. The Bertz CT molecular complexity index is 1060. The van der Waals surface area contributed by atoms with E-state index in [0.29, 0.717) is 22.7 Å². The second-order valence-electron chi connectivity index (χ2n) is 6.98. The van der Waals surface area contributed by atoms with E-state index in [1.807, 2.05) is 13.0 Å². The second-order valence-corrected chi connectivity index (χ2v) is 6.98. The summed E-state index contributed by atoms with van der Waals surface area (Å²) in [6, 6.07) is 11.0. The van der Waals surface area contributed by atoms with Crippen LogP contribution < -0.4 is 15.4 Å². The minimum Gasteiger partial charge on any atom is -0.495 e. The standard InChI is InChI=1S/C22H22FN3O6/c1-13-6-7-18(30-2)17(8-13)25-20(27)11-24-21(28)12-31-22(29)19-10-16(26-32-19)14-4-3-5-15(23)9-14/h3-9,19H,10-12H2,1-2H3,(H,24,28)(H,25,27). The van der Waals surface area contributed by atoms with E-state index in [4.69, 9.17) is 14.3 Å². The zero-order valence-corrected chi connectivity index (χ0v) is 17.5. The first-order chi connectivity index (χ1) is 15.4. The molecule has 1 aliphatic rings. The molecule has 0 spiro atoms. The molecule has 0 saturated carbocycles. The van der Waals surface area contributed by atoms with E-state index in [9.17, 15) is 18.8 Å². The highest BCUT2D eigenvalue weighted by Crippen LogP contribution is 2.25. The molecule has 0 fully saturated rings. The third-order valence-electron chi connectivity index (χ3n) is 4.51. The lowest BCUT2D eigenvalue weighted by atomic mass is 10.1. The highest BCUT2D eigenvalue weighted by atomic mass is 19.1. The van der Waals surface area contributed by atoms with E-state index < -0.39 is 36.3 Å². The zero-order chi connectivity index (χ0) is 23.1. The van der Waals surface area contributed by atoms with Crippen molar-refractivity contribution >= 4 is 29.2 Å². The fourth-order valence-corrected chi connectivity index (χ4v) is 2.92. The number of amides is 2. The number of nitrogens with zero attached hydrogens (tertiary/aromatic N) is 1. The molecule has 3 rings (SSSR count). The first-order valence-electron chi connectivity index (χ1n) is 9.72. The molecule has 0 aromatic heterocycles. The van der Waals surface area contributed by atoms with Gasteiger partial charge in [-0.1, -0.05) is 23.4 Å². The Balaban J connectivity index is 1.40. The maximum atomic E-state index is 13.3. The van der Waals surface area contributed by atoms with E-state index in [2.05, 4.69) is 15.8 Å². The number of ether oxygens (including phenoxy) is 2. The van der Waals surface area contributed by atoms with Crippen LogP contribution in [-0.4, -0.2) is 49.9 Å². The molecule has 2 aromatic rings. The molecule has 1 atom stereocenters. The summed E-state index contributed by atoms with van der Waals surface area (Å²) < 4.78 is 23.4. The van der Waals surface area contributed by atoms with Gasteiger partial charge in [-0.05, 0) is 36.8 Å². The number of methoxy groups -OCH3 is 1. The number of aryl methyl sites for hydroxylation is 1. The predicted molar refractivity (Wildman–Crippen MR) is 113 cm³/mol. The van der Waals surface area contributed by atoms with Crippen LogP contribution in [0.5, 0.6) is 5.75 Å². The summed E-state index contributed by atoms with van der Waals surface area (Å²) in [5.74, 6) is -1.86. The van der Waals surface area contributed by atoms with Crippen LogP contribution >= 0.6 is 0 Å². The SMILES string of the molecule is COc1ccc(C)cc1NC(=O)CNC(=O)COC(=O)C1CC(c2cccc(F)c2)=NO1. The summed E-state index contributed by atoms with van der Waals surface area (Å²) in [7, 11) is 1.48. The van der Waals surface area contributed by atoms with E-state index in [1.165, 1.54) is 25.3 Å². The number of carbonyl (C=O) groups excluding carboxylic acids is 3. The van der Waals surface area contributed by atoms with Gasteiger partial charge in [-0.25, -0.2) is 9.18 Å². The molecule has 1 heterocycles. The van der Waals surface area contributed by atoms with Crippen LogP contribution in [-0.2, 0) is 24.0 Å². The number of nitrogens with one attached hydrogen (secondary N) is 2. The lowest BCUT2D eigenvalue weighted by molar-refractivity contribution is -0.158. The lowest BCUT2D eigenvalue weighted by Crippen LogP contribution is -2.36. The Morgan fingerprint density at radius 1 is 1.19 bits per heavy atom. The number of oxime groups is 1. The minimum absolute atomic E-state index is 0.0879. The van der Waals surface area contributed by atoms with Crippen LogP contribution in [0.15, 0.2) is 47.6 Å². The molecule has 0 saturated heterocycles. The van der Waals surface area contributed by atoms with Gasteiger partial charge in [-0.15, -0.1) is 0 Å². The molecule has 10 heteroatoms. The summed E-state index contributed by atoms with van der Waals surface area (Å²) in [5.41, 5.74) is 2.30. The Labute approximate surface area is 183 Å². The fraction of sp³-hybridized carbons (Fsp3) is 0.273. The quantitative estimate of drug-likeness (QED) is 0.603. The van der Waals surface area contributed by atoms with Gasteiger partial charge in [0.25, 0.3) is 5.91 Å². The van der Waals surface area contributed by atoms with E-state index in [1.54, 1.807) is 18.2 Å². The van der Waals surface area contributed by atoms with Gasteiger partial charge in [0.1, 0.15) is 11.6 Å². The number of hydrogen-bond acceptors (Lipinski definition) is 7. The van der Waals surface area contributed by atoms with Crippen molar-refractivity contribution < 1.29 is 33.1 Å². The van der Waals surface area contributed by atoms with Gasteiger partial charge in [0.2, 0.25) is 12.0 Å². The summed E-state index contributed by atoms with van der Waals surface area (Å²) in [6.45, 7) is 0.959. The highest BCUT2D eigenvalue weighted by molar-refractivity contribution is 6.03. The fourth-order valence-electron chi connectivity index (χ4n) is 2.92. The van der Waals surface area contributed by atoms with Crippen LogP contribution in [0.3, 0.4) is 0 Å². The third-order valence-corrected chi connectivity index (χ3v) is 4.51. The normalized spacial score (nSPS) is 14.7. The van der Waals surface area contributed by atoms with Crippen molar-refractivity contribution in [3.8, 4) is 5.75 Å². The summed E-state index contributed by atoms with van der Waals surface area (Å²) in [6.07, 6.45) is -0.942. The van der Waals surface area contributed by atoms with Gasteiger partial charge in [0, 0.05) is 12.0 Å². The molecule has 0 aliphatic carbocycles. The van der Waals surface area contributed by atoms with Crippen molar-refractivity contribution in [2.45, 2.75) is 19.4 Å². The summed E-state index contributed by atoms with van der Waals surface area (Å²) >= 11 is 0. The third kappa shape index (κ3) is 6.03. The van der Waals surface area contributed by atoms with E-state index in [0.717, 1.165) is 5.56 Å². The first-order valence-corrected chi connectivity index (χ1v) is 9.72. The molecule has 0 radical (unpaired) electrons. The maximum absolute atomic E-state index is 13.3. The van der Waals surface area contributed by atoms with Gasteiger partial charge < -0.3 is 24.9 Å². The van der Waals surface area contributed by atoms with Crippen LogP contribution in [0, 0.1) is 12.7 Å². The molecular formula is C22H22FN3O6. The number of carbonyl (C=O) groups is 3. The smallest absolute Gasteiger partial charge is 0.351 e. The molecule has 168 valence electrons. The monoisotopic (exact) mass is 443 g/mol. The van der Waals surface area contributed by atoms with Crippen molar-refractivity contribution in [3.05, 3.63) is 59.4 Å². The van der Waals surface area contributed by atoms with Crippen molar-refractivity contribution in [3.63, 3.8) is 0 Å². The average Bonchev–Trinajstić information content (AvgIpc) is 3.27. The van der Waals surface area contributed by atoms with Crippen molar-refractivity contribution in [1.29, 1.82) is 0 Å². The zero-order valence-electron chi connectivity index (χ0n) is 17.5. The van der Waals surface area contributed by atoms with Crippen LogP contribution in [0.2, 0.25) is 0 Å². The molecule has 2 N–H and O–H groups in total. The molecular weight excluding hydrogens is 421 g/mol. The Morgan fingerprint density at radius 2 is 2.00 bits per heavy atom. The van der Waals surface area contributed by atoms with E-state index >= 15 is 0 Å². The van der Waals surface area contributed by atoms with Crippen molar-refractivity contribution in [1.82, 2.24) is 5.32 Å². The van der Waals surface area contributed by atoms with Gasteiger partial charge >= 0.3 is 5.97 Å². The lowest BCUT2D eigenvalue weighted by Gasteiger charge is -2.12. The number of benzene rings is 2. The second kappa shape index (κ2) is 10.4. The van der Waals surface area contributed by atoms with Crippen LogP contribution in [0.1, 0.15) is 17.5 Å². The highest BCUT2D eigenvalue weighted by Gasteiger charge is 2.30. The number of hydrogen-bond donors (Lipinski definition) is 2. The molecule has 1 unspecified atom stereocenters. The van der Waals surface area contributed by atoms with Crippen molar-refractivity contribution in [2.24, 2.45) is 5.16 Å². The Morgan fingerprint density at radius 3 is 2.75 bits per heavy atom. The maximum Gasteiger partial charge on any atom is 0.351 e. The summed E-state index contributed by atoms with van der Waals surface area (Å²) in [5, 5.41) is 8.79. The van der Waals surface area contributed by atoms with Crippen LogP contribution in [0.4, 0.5) is 10.1 Å². The molecule has 2 amide bonds. The number of halogens is 1. The van der Waals surface area contributed by atoms with E-state index in [-0.39, 0.29) is 13.0 Å². The molecule has 32 heavy (non-hydrogen) atoms. The average molecular weight is 443 g/mol. The summed E-state index contributed by atoms with van der Waals surface area (Å²) in [4.78, 5) is 41.1. The van der Waals surface area contributed by atoms with Gasteiger partial charge in [0.15, 0.2) is 6.61 Å². The van der Waals surface area contributed by atoms with Gasteiger partial charge in [-0.3, -0.25) is 9.59 Å². The molecule has 0 bridgehead atoms. The molecule has 1 aliphatic heterocycles.